The van der Waals surface area contributed by atoms with Crippen LogP contribution < -0.4 is 0 Å². The van der Waals surface area contributed by atoms with Gasteiger partial charge in [0.15, 0.2) is 0 Å². The van der Waals surface area contributed by atoms with Crippen LogP contribution in [0.15, 0.2) is 12.1 Å². The molecule has 0 spiro atoms. The van der Waals surface area contributed by atoms with Crippen molar-refractivity contribution in [3.8, 4) is 0 Å². The van der Waals surface area contributed by atoms with E-state index in [1.807, 2.05) is 30.9 Å². The molecule has 0 bridgehead atoms. The Morgan fingerprint density at radius 2 is 2.19 bits per heavy atom. The molecule has 0 radical (unpaired) electrons. The Hall–Kier alpha value is -0.540. The van der Waals surface area contributed by atoms with Crippen molar-refractivity contribution in [2.45, 2.75) is 33.2 Å². The molecule has 0 fully saturated rings. The minimum atomic E-state index is 0.0975. The summed E-state index contributed by atoms with van der Waals surface area (Å²) < 4.78 is 0. The number of thiophene rings is 1. The van der Waals surface area contributed by atoms with E-state index >= 15 is 0 Å². The van der Waals surface area contributed by atoms with Crippen LogP contribution >= 0.6 is 22.9 Å². The first kappa shape index (κ1) is 13.5. The van der Waals surface area contributed by atoms with Gasteiger partial charge in [0.1, 0.15) is 0 Å². The summed E-state index contributed by atoms with van der Waals surface area (Å²) in [5.41, 5.74) is 0. The summed E-state index contributed by atoms with van der Waals surface area (Å²) in [5.74, 6) is 0.580. The van der Waals surface area contributed by atoms with Gasteiger partial charge in [0.05, 0.1) is 4.88 Å². The number of rotatable bonds is 5. The van der Waals surface area contributed by atoms with Gasteiger partial charge >= 0.3 is 0 Å². The number of halogens is 1. The van der Waals surface area contributed by atoms with Crippen LogP contribution in [0.5, 0.6) is 0 Å². The molecule has 0 saturated carbocycles. The molecule has 0 aliphatic rings. The molecule has 90 valence electrons. The molecule has 0 aromatic carbocycles. The highest BCUT2D eigenvalue weighted by Gasteiger charge is 2.19. The third-order valence-corrected chi connectivity index (χ3v) is 3.82. The van der Waals surface area contributed by atoms with Crippen LogP contribution in [0.1, 0.15) is 35.3 Å². The highest BCUT2D eigenvalue weighted by molar-refractivity contribution is 7.14. The van der Waals surface area contributed by atoms with Gasteiger partial charge in [-0.2, -0.15) is 0 Å². The molecule has 0 saturated heterocycles. The fourth-order valence-electron chi connectivity index (χ4n) is 1.51. The Kier molecular flexibility index (Phi) is 5.29. The molecule has 1 aromatic heterocycles. The van der Waals surface area contributed by atoms with Gasteiger partial charge in [0, 0.05) is 23.3 Å². The van der Waals surface area contributed by atoms with Crippen LogP contribution in [0.4, 0.5) is 0 Å². The quantitative estimate of drug-likeness (QED) is 0.743. The molecule has 0 aliphatic heterocycles. The van der Waals surface area contributed by atoms with E-state index in [-0.39, 0.29) is 11.9 Å². The topological polar surface area (TPSA) is 20.3 Å². The monoisotopic (exact) mass is 259 g/mol. The van der Waals surface area contributed by atoms with E-state index in [9.17, 15) is 4.79 Å². The fraction of sp³-hybridized carbons (Fsp3) is 0.583. The zero-order valence-corrected chi connectivity index (χ0v) is 11.6. The van der Waals surface area contributed by atoms with Crippen LogP contribution in [-0.4, -0.2) is 29.3 Å². The summed E-state index contributed by atoms with van der Waals surface area (Å²) in [6, 6.07) is 4.13. The van der Waals surface area contributed by atoms with Gasteiger partial charge in [-0.25, -0.2) is 0 Å². The van der Waals surface area contributed by atoms with Crippen molar-refractivity contribution >= 4 is 28.8 Å². The van der Waals surface area contributed by atoms with Crippen molar-refractivity contribution < 1.29 is 4.79 Å². The van der Waals surface area contributed by atoms with Crippen molar-refractivity contribution in [3.05, 3.63) is 21.9 Å². The summed E-state index contributed by atoms with van der Waals surface area (Å²) in [6.07, 6.45) is 0.981. The number of hydrogen-bond donors (Lipinski definition) is 0. The predicted octanol–water partition coefficient (Wildman–Crippen LogP) is 3.40. The largest absolute Gasteiger partial charge is 0.334 e. The number of carbonyl (C=O) groups excluding carboxylic acids is 1. The van der Waals surface area contributed by atoms with Gasteiger partial charge in [-0.05, 0) is 32.4 Å². The van der Waals surface area contributed by atoms with Crippen molar-refractivity contribution in [2.24, 2.45) is 0 Å². The third-order valence-electron chi connectivity index (χ3n) is 2.43. The lowest BCUT2D eigenvalue weighted by Crippen LogP contribution is -2.37. The second kappa shape index (κ2) is 6.26. The van der Waals surface area contributed by atoms with E-state index in [1.165, 1.54) is 4.88 Å². The predicted molar refractivity (Wildman–Crippen MR) is 70.6 cm³/mol. The van der Waals surface area contributed by atoms with Gasteiger partial charge < -0.3 is 4.90 Å². The van der Waals surface area contributed by atoms with Crippen molar-refractivity contribution in [1.29, 1.82) is 0 Å². The molecule has 0 aliphatic carbocycles. The summed E-state index contributed by atoms with van der Waals surface area (Å²) in [6.45, 7) is 6.73. The molecular formula is C12H18ClNOS. The van der Waals surface area contributed by atoms with Gasteiger partial charge in [-0.15, -0.1) is 22.9 Å². The maximum atomic E-state index is 12.2. The Balaban J connectivity index is 2.81. The average molecular weight is 260 g/mol. The minimum absolute atomic E-state index is 0.0975. The molecule has 1 heterocycles. The number of hydrogen-bond acceptors (Lipinski definition) is 2. The maximum absolute atomic E-state index is 12.2. The average Bonchev–Trinajstić information content (AvgIpc) is 2.73. The van der Waals surface area contributed by atoms with Gasteiger partial charge in [0.25, 0.3) is 5.91 Å². The number of aryl methyl sites for hydroxylation is 1. The summed E-state index contributed by atoms with van der Waals surface area (Å²) in [5, 5.41) is 0. The first-order chi connectivity index (χ1) is 7.60. The lowest BCUT2D eigenvalue weighted by Gasteiger charge is -2.25. The molecule has 2 nitrogen and oxygen atoms in total. The molecule has 1 amide bonds. The van der Waals surface area contributed by atoms with Crippen molar-refractivity contribution in [2.75, 3.05) is 12.4 Å². The Bertz CT molecular complexity index is 349. The third kappa shape index (κ3) is 3.22. The van der Waals surface area contributed by atoms with Crippen molar-refractivity contribution in [1.82, 2.24) is 4.90 Å². The van der Waals surface area contributed by atoms with E-state index in [1.54, 1.807) is 11.3 Å². The first-order valence-electron chi connectivity index (χ1n) is 5.55. The zero-order chi connectivity index (χ0) is 12.1. The normalized spacial score (nSPS) is 10.8. The lowest BCUT2D eigenvalue weighted by molar-refractivity contribution is 0.0723. The van der Waals surface area contributed by atoms with Crippen LogP contribution in [0.25, 0.3) is 0 Å². The maximum Gasteiger partial charge on any atom is 0.264 e. The lowest BCUT2D eigenvalue weighted by atomic mass is 10.3. The van der Waals surface area contributed by atoms with Crippen LogP contribution in [0.3, 0.4) is 0 Å². The molecule has 1 aromatic rings. The highest BCUT2D eigenvalue weighted by Crippen LogP contribution is 2.19. The second-order valence-electron chi connectivity index (χ2n) is 3.90. The van der Waals surface area contributed by atoms with E-state index in [2.05, 4.69) is 6.92 Å². The second-order valence-corrected chi connectivity index (χ2v) is 5.45. The molecule has 1 rings (SSSR count). The smallest absolute Gasteiger partial charge is 0.264 e. The molecule has 0 unspecified atom stereocenters. The Labute approximate surface area is 106 Å². The summed E-state index contributed by atoms with van der Waals surface area (Å²) >= 11 is 7.29. The number of nitrogens with zero attached hydrogens (tertiary/aromatic N) is 1. The van der Waals surface area contributed by atoms with E-state index in [0.29, 0.717) is 12.4 Å². The summed E-state index contributed by atoms with van der Waals surface area (Å²) in [4.78, 5) is 16.1. The fourth-order valence-corrected chi connectivity index (χ4v) is 2.60. The number of amides is 1. The number of carbonyl (C=O) groups is 1. The first-order valence-corrected chi connectivity index (χ1v) is 6.90. The van der Waals surface area contributed by atoms with Crippen molar-refractivity contribution in [3.63, 3.8) is 0 Å². The van der Waals surface area contributed by atoms with E-state index < -0.39 is 0 Å². The van der Waals surface area contributed by atoms with Crippen LogP contribution in [-0.2, 0) is 6.42 Å². The minimum Gasteiger partial charge on any atom is -0.334 e. The van der Waals surface area contributed by atoms with E-state index in [4.69, 9.17) is 11.6 Å². The van der Waals surface area contributed by atoms with Gasteiger partial charge in [0.2, 0.25) is 0 Å². The number of alkyl halides is 1. The molecule has 16 heavy (non-hydrogen) atoms. The van der Waals surface area contributed by atoms with Crippen LogP contribution in [0.2, 0.25) is 0 Å². The van der Waals surface area contributed by atoms with Gasteiger partial charge in [-0.3, -0.25) is 4.79 Å². The molecule has 4 heteroatoms. The van der Waals surface area contributed by atoms with Gasteiger partial charge in [-0.1, -0.05) is 6.92 Å². The zero-order valence-electron chi connectivity index (χ0n) is 10.00. The van der Waals surface area contributed by atoms with Crippen LogP contribution in [0, 0.1) is 0 Å². The van der Waals surface area contributed by atoms with E-state index in [0.717, 1.165) is 11.3 Å². The highest BCUT2D eigenvalue weighted by atomic mass is 35.5. The Morgan fingerprint density at radius 3 is 2.62 bits per heavy atom. The molecule has 0 atom stereocenters. The Morgan fingerprint density at radius 1 is 1.50 bits per heavy atom. The summed E-state index contributed by atoms with van der Waals surface area (Å²) in [7, 11) is 0. The molecular weight excluding hydrogens is 242 g/mol. The molecule has 0 N–H and O–H groups in total. The SMILES string of the molecule is CCc1ccc(C(=O)N(CCCl)C(C)C)s1. The standard InChI is InChI=1S/C12H18ClNOS/c1-4-10-5-6-11(16-10)12(15)14(8-7-13)9(2)3/h5-6,9H,4,7-8H2,1-3H3.